The van der Waals surface area contributed by atoms with Crippen LogP contribution in [0.4, 0.5) is 5.69 Å². The van der Waals surface area contributed by atoms with Crippen molar-refractivity contribution in [3.63, 3.8) is 0 Å². The van der Waals surface area contributed by atoms with Gasteiger partial charge < -0.3 is 9.84 Å². The lowest BCUT2D eigenvalue weighted by Crippen LogP contribution is -2.14. The zero-order chi connectivity index (χ0) is 15.5. The first-order valence-electron chi connectivity index (χ1n) is 6.02. The van der Waals surface area contributed by atoms with E-state index in [-0.39, 0.29) is 17.3 Å². The van der Waals surface area contributed by atoms with Crippen molar-refractivity contribution in [2.45, 2.75) is 11.5 Å². The van der Waals surface area contributed by atoms with E-state index < -0.39 is 10.0 Å². The third-order valence-electron chi connectivity index (χ3n) is 2.78. The maximum Gasteiger partial charge on any atom is 0.265 e. The molecule has 5 nitrogen and oxygen atoms in total. The van der Waals surface area contributed by atoms with E-state index in [1.807, 2.05) is 0 Å². The van der Waals surface area contributed by atoms with Gasteiger partial charge in [-0.15, -0.1) is 0 Å². The topological polar surface area (TPSA) is 75.6 Å². The van der Waals surface area contributed by atoms with E-state index in [0.29, 0.717) is 16.3 Å². The summed E-state index contributed by atoms with van der Waals surface area (Å²) in [6.07, 6.45) is 0. The molecule has 0 unspecified atom stereocenters. The fraction of sp³-hybridized carbons (Fsp3) is 0.143. The van der Waals surface area contributed by atoms with E-state index in [2.05, 4.69) is 4.72 Å². The largest absolute Gasteiger partial charge is 0.495 e. The number of aliphatic hydroxyl groups is 1. The number of benzene rings is 2. The smallest absolute Gasteiger partial charge is 0.265 e. The van der Waals surface area contributed by atoms with Gasteiger partial charge in [0, 0.05) is 16.8 Å². The summed E-state index contributed by atoms with van der Waals surface area (Å²) in [5.74, 6) is 0.160. The molecule has 0 amide bonds. The monoisotopic (exact) mass is 327 g/mol. The number of anilines is 1. The Labute approximate surface area is 128 Å². The van der Waals surface area contributed by atoms with Crippen molar-refractivity contribution in [3.05, 3.63) is 53.1 Å². The Kier molecular flexibility index (Phi) is 4.72. The molecule has 2 N–H and O–H groups in total. The summed E-state index contributed by atoms with van der Waals surface area (Å²) in [4.78, 5) is -0.0104. The molecular weight excluding hydrogens is 314 g/mol. The molecule has 0 aliphatic rings. The van der Waals surface area contributed by atoms with Crippen LogP contribution in [0.25, 0.3) is 0 Å². The van der Waals surface area contributed by atoms with E-state index in [9.17, 15) is 8.42 Å². The van der Waals surface area contributed by atoms with Gasteiger partial charge in [-0.05, 0) is 29.8 Å². The van der Waals surface area contributed by atoms with Gasteiger partial charge in [0.15, 0.2) is 0 Å². The molecule has 2 rings (SSSR count). The Balaban J connectivity index is 2.38. The van der Waals surface area contributed by atoms with Crippen molar-refractivity contribution >= 4 is 27.3 Å². The molecule has 0 aromatic heterocycles. The number of halogens is 1. The second-order valence-corrected chi connectivity index (χ2v) is 6.35. The summed E-state index contributed by atoms with van der Waals surface area (Å²) in [5, 5.41) is 9.46. The molecule has 0 saturated heterocycles. The molecule has 2 aromatic rings. The quantitative estimate of drug-likeness (QED) is 0.885. The van der Waals surface area contributed by atoms with Crippen molar-refractivity contribution in [1.29, 1.82) is 0 Å². The molecule has 7 heteroatoms. The number of methoxy groups -OCH3 is 1. The van der Waals surface area contributed by atoms with Crippen LogP contribution in [0.2, 0.25) is 5.02 Å². The normalized spacial score (nSPS) is 11.2. The molecule has 2 aromatic carbocycles. The van der Waals surface area contributed by atoms with E-state index in [0.717, 1.165) is 0 Å². The van der Waals surface area contributed by atoms with Crippen LogP contribution in [0.1, 0.15) is 5.56 Å². The highest BCUT2D eigenvalue weighted by atomic mass is 35.5. The minimum absolute atomic E-state index is 0.0104. The first-order valence-corrected chi connectivity index (χ1v) is 7.88. The van der Waals surface area contributed by atoms with Gasteiger partial charge in [-0.25, -0.2) is 8.42 Å². The minimum Gasteiger partial charge on any atom is -0.495 e. The van der Waals surface area contributed by atoms with Crippen LogP contribution >= 0.6 is 11.6 Å². The van der Waals surface area contributed by atoms with Crippen LogP contribution < -0.4 is 9.46 Å². The maximum atomic E-state index is 12.4. The molecule has 0 aliphatic heterocycles. The Morgan fingerprint density at radius 2 is 2.00 bits per heavy atom. The molecule has 0 saturated carbocycles. The summed E-state index contributed by atoms with van der Waals surface area (Å²) >= 11 is 5.82. The van der Waals surface area contributed by atoms with E-state index >= 15 is 0 Å². The second-order valence-electron chi connectivity index (χ2n) is 4.26. The van der Waals surface area contributed by atoms with Crippen LogP contribution in [0.5, 0.6) is 5.75 Å². The van der Waals surface area contributed by atoms with Gasteiger partial charge in [0.2, 0.25) is 0 Å². The molecule has 0 heterocycles. The molecule has 0 fully saturated rings. The standard InChI is InChI=1S/C14H14ClNO4S/c1-20-13-8-11(15)5-6-14(13)21(18,19)16-12-4-2-3-10(7-12)9-17/h2-8,16-17H,9H2,1H3. The number of aliphatic hydroxyl groups excluding tert-OH is 1. The molecule has 0 spiro atoms. The SMILES string of the molecule is COc1cc(Cl)ccc1S(=O)(=O)Nc1cccc(CO)c1. The number of rotatable bonds is 5. The fourth-order valence-corrected chi connectivity index (χ4v) is 3.17. The second kappa shape index (κ2) is 6.34. The van der Waals surface area contributed by atoms with Crippen LogP contribution in [0.3, 0.4) is 0 Å². The molecule has 112 valence electrons. The predicted octanol–water partition coefficient (Wildman–Crippen LogP) is 2.64. The van der Waals surface area contributed by atoms with Gasteiger partial charge in [-0.3, -0.25) is 4.72 Å². The van der Waals surface area contributed by atoms with Crippen LogP contribution in [-0.4, -0.2) is 20.6 Å². The number of hydrogen-bond donors (Lipinski definition) is 2. The lowest BCUT2D eigenvalue weighted by Gasteiger charge is -2.12. The van der Waals surface area contributed by atoms with Crippen molar-refractivity contribution < 1.29 is 18.3 Å². The van der Waals surface area contributed by atoms with Crippen molar-refractivity contribution in [2.24, 2.45) is 0 Å². The summed E-state index contributed by atoms with van der Waals surface area (Å²) in [6.45, 7) is -0.167. The van der Waals surface area contributed by atoms with Crippen LogP contribution in [0, 0.1) is 0 Å². The predicted molar refractivity (Wildman–Crippen MR) is 81.2 cm³/mol. The number of nitrogens with one attached hydrogen (secondary N) is 1. The van der Waals surface area contributed by atoms with Crippen molar-refractivity contribution in [2.75, 3.05) is 11.8 Å². The van der Waals surface area contributed by atoms with Gasteiger partial charge in [0.1, 0.15) is 10.6 Å². The Hall–Kier alpha value is -1.76. The number of hydrogen-bond acceptors (Lipinski definition) is 4. The zero-order valence-corrected chi connectivity index (χ0v) is 12.8. The van der Waals surface area contributed by atoms with Crippen molar-refractivity contribution in [3.8, 4) is 5.75 Å². The molecule has 0 bridgehead atoms. The first-order chi connectivity index (χ1) is 9.96. The number of ether oxygens (including phenoxy) is 1. The lowest BCUT2D eigenvalue weighted by atomic mass is 10.2. The Morgan fingerprint density at radius 1 is 1.24 bits per heavy atom. The third-order valence-corrected chi connectivity index (χ3v) is 4.43. The zero-order valence-electron chi connectivity index (χ0n) is 11.2. The Bertz CT molecular complexity index is 746. The van der Waals surface area contributed by atoms with Gasteiger partial charge >= 0.3 is 0 Å². The summed E-state index contributed by atoms with van der Waals surface area (Å²) in [5.41, 5.74) is 0.969. The molecular formula is C14H14ClNO4S. The minimum atomic E-state index is -3.81. The average Bonchev–Trinajstić information content (AvgIpc) is 2.46. The van der Waals surface area contributed by atoms with Crippen molar-refractivity contribution in [1.82, 2.24) is 0 Å². The molecule has 0 radical (unpaired) electrons. The Morgan fingerprint density at radius 3 is 2.67 bits per heavy atom. The highest BCUT2D eigenvalue weighted by Crippen LogP contribution is 2.28. The first kappa shape index (κ1) is 15.6. The average molecular weight is 328 g/mol. The van der Waals surface area contributed by atoms with Crippen LogP contribution in [-0.2, 0) is 16.6 Å². The fourth-order valence-electron chi connectivity index (χ4n) is 1.81. The summed E-state index contributed by atoms with van der Waals surface area (Å²) in [7, 11) is -2.44. The highest BCUT2D eigenvalue weighted by molar-refractivity contribution is 7.92. The summed E-state index contributed by atoms with van der Waals surface area (Å²) in [6, 6.07) is 10.8. The summed E-state index contributed by atoms with van der Waals surface area (Å²) < 4.78 is 32.3. The van der Waals surface area contributed by atoms with Gasteiger partial charge in [-0.1, -0.05) is 23.7 Å². The highest BCUT2D eigenvalue weighted by Gasteiger charge is 2.20. The van der Waals surface area contributed by atoms with Gasteiger partial charge in [0.25, 0.3) is 10.0 Å². The maximum absolute atomic E-state index is 12.4. The van der Waals surface area contributed by atoms with Gasteiger partial charge in [0.05, 0.1) is 13.7 Å². The van der Waals surface area contributed by atoms with E-state index in [1.165, 1.54) is 25.3 Å². The van der Waals surface area contributed by atoms with Gasteiger partial charge in [-0.2, -0.15) is 0 Å². The van der Waals surface area contributed by atoms with Crippen LogP contribution in [0.15, 0.2) is 47.4 Å². The van der Waals surface area contributed by atoms with E-state index in [1.54, 1.807) is 24.3 Å². The number of sulfonamides is 1. The van der Waals surface area contributed by atoms with E-state index in [4.69, 9.17) is 21.4 Å². The lowest BCUT2D eigenvalue weighted by molar-refractivity contribution is 0.282. The molecule has 21 heavy (non-hydrogen) atoms. The molecule has 0 atom stereocenters. The molecule has 0 aliphatic carbocycles. The third kappa shape index (κ3) is 3.66.